The zero-order valence-corrected chi connectivity index (χ0v) is 16.5. The van der Waals surface area contributed by atoms with Crippen LogP contribution in [0.4, 0.5) is 5.95 Å². The van der Waals surface area contributed by atoms with Gasteiger partial charge in [-0.15, -0.1) is 0 Å². The van der Waals surface area contributed by atoms with Gasteiger partial charge in [-0.05, 0) is 44.9 Å². The lowest BCUT2D eigenvalue weighted by Gasteiger charge is -2.19. The Bertz CT molecular complexity index is 1070. The number of ether oxygens (including phenoxy) is 1. The zero-order valence-electron chi connectivity index (χ0n) is 16.5. The van der Waals surface area contributed by atoms with Gasteiger partial charge in [0.1, 0.15) is 17.2 Å². The van der Waals surface area contributed by atoms with Crippen molar-refractivity contribution in [1.29, 1.82) is 5.26 Å². The van der Waals surface area contributed by atoms with E-state index in [0.29, 0.717) is 35.7 Å². The lowest BCUT2D eigenvalue weighted by atomic mass is 10.1. The molecular weight excluding hydrogens is 356 g/mol. The summed E-state index contributed by atoms with van der Waals surface area (Å²) in [6, 6.07) is 9.60. The van der Waals surface area contributed by atoms with Gasteiger partial charge in [-0.25, -0.2) is 4.68 Å². The maximum absolute atomic E-state index is 12.4. The third-order valence-corrected chi connectivity index (χ3v) is 4.23. The monoisotopic (exact) mass is 380 g/mol. The molecule has 1 aromatic carbocycles. The molecule has 146 valence electrons. The number of nitrogens with zero attached hydrogens (tertiary/aromatic N) is 4. The van der Waals surface area contributed by atoms with Gasteiger partial charge in [0.25, 0.3) is 5.56 Å². The Balaban J connectivity index is 1.81. The summed E-state index contributed by atoms with van der Waals surface area (Å²) in [7, 11) is 0. The van der Waals surface area contributed by atoms with E-state index in [2.05, 4.69) is 26.5 Å². The van der Waals surface area contributed by atoms with Gasteiger partial charge in [0.2, 0.25) is 5.95 Å². The minimum Gasteiger partial charge on any atom is -0.476 e. The number of aromatic amines is 1. The SMILES string of the molecule is CCC(C#N)Oc1cccc(CNc2nc3c(cnn3C(C)(C)C)c(=O)[nH]2)c1. The summed E-state index contributed by atoms with van der Waals surface area (Å²) < 4.78 is 7.39. The average Bonchev–Trinajstić information content (AvgIpc) is 3.10. The van der Waals surface area contributed by atoms with Crippen molar-refractivity contribution in [2.24, 2.45) is 0 Å². The number of aromatic nitrogens is 4. The predicted molar refractivity (Wildman–Crippen MR) is 107 cm³/mol. The molecule has 1 unspecified atom stereocenters. The topological polar surface area (TPSA) is 109 Å². The normalized spacial score (nSPS) is 12.5. The molecule has 2 N–H and O–H groups in total. The van der Waals surface area contributed by atoms with Gasteiger partial charge in [0.05, 0.1) is 11.7 Å². The van der Waals surface area contributed by atoms with Crippen LogP contribution in [0.1, 0.15) is 39.7 Å². The molecular formula is C20H24N6O2. The standard InChI is InChI=1S/C20H24N6O2/c1-5-14(10-21)28-15-8-6-7-13(9-15)11-22-19-24-17-16(18(27)25-19)12-23-26(17)20(2,3)4/h6-9,12,14H,5,11H2,1-4H3,(H2,22,24,25,27). The van der Waals surface area contributed by atoms with Crippen molar-refractivity contribution in [3.63, 3.8) is 0 Å². The molecule has 3 rings (SSSR count). The van der Waals surface area contributed by atoms with Crippen LogP contribution in [-0.4, -0.2) is 25.9 Å². The highest BCUT2D eigenvalue weighted by atomic mass is 16.5. The third kappa shape index (κ3) is 4.14. The maximum Gasteiger partial charge on any atom is 0.263 e. The van der Waals surface area contributed by atoms with Crippen LogP contribution in [0.3, 0.4) is 0 Å². The van der Waals surface area contributed by atoms with Crippen LogP contribution in [-0.2, 0) is 12.1 Å². The summed E-state index contributed by atoms with van der Waals surface area (Å²) in [6.45, 7) is 8.36. The summed E-state index contributed by atoms with van der Waals surface area (Å²) in [5.74, 6) is 1.01. The van der Waals surface area contributed by atoms with Gasteiger partial charge in [-0.1, -0.05) is 19.1 Å². The van der Waals surface area contributed by atoms with Gasteiger partial charge in [-0.2, -0.15) is 15.3 Å². The summed E-state index contributed by atoms with van der Waals surface area (Å²) in [4.78, 5) is 19.6. The van der Waals surface area contributed by atoms with E-state index < -0.39 is 6.10 Å². The number of benzene rings is 1. The Morgan fingerprint density at radius 3 is 2.86 bits per heavy atom. The van der Waals surface area contributed by atoms with Gasteiger partial charge < -0.3 is 10.1 Å². The highest BCUT2D eigenvalue weighted by Crippen LogP contribution is 2.20. The van der Waals surface area contributed by atoms with E-state index in [1.54, 1.807) is 4.68 Å². The molecule has 0 aliphatic rings. The molecule has 0 fully saturated rings. The lowest BCUT2D eigenvalue weighted by Crippen LogP contribution is -2.24. The first-order valence-corrected chi connectivity index (χ1v) is 9.19. The molecule has 3 aromatic rings. The number of hydrogen-bond donors (Lipinski definition) is 2. The van der Waals surface area contributed by atoms with Gasteiger partial charge in [0, 0.05) is 6.54 Å². The van der Waals surface area contributed by atoms with E-state index in [0.717, 1.165) is 5.56 Å². The quantitative estimate of drug-likeness (QED) is 0.680. The number of H-pyrrole nitrogens is 1. The molecule has 0 aliphatic carbocycles. The molecule has 0 saturated carbocycles. The smallest absolute Gasteiger partial charge is 0.263 e. The van der Waals surface area contributed by atoms with Crippen molar-refractivity contribution >= 4 is 17.0 Å². The minimum atomic E-state index is -0.471. The van der Waals surface area contributed by atoms with E-state index in [1.165, 1.54) is 6.20 Å². The Labute approximate surface area is 163 Å². The Morgan fingerprint density at radius 2 is 2.18 bits per heavy atom. The van der Waals surface area contributed by atoms with E-state index in [1.807, 2.05) is 52.0 Å². The van der Waals surface area contributed by atoms with Crippen molar-refractivity contribution in [2.45, 2.75) is 52.3 Å². The molecule has 0 bridgehead atoms. The van der Waals surface area contributed by atoms with E-state index >= 15 is 0 Å². The molecule has 0 saturated heterocycles. The first-order valence-electron chi connectivity index (χ1n) is 9.19. The van der Waals surface area contributed by atoms with Crippen LogP contribution in [0.15, 0.2) is 35.3 Å². The molecule has 1 atom stereocenters. The molecule has 2 aromatic heterocycles. The van der Waals surface area contributed by atoms with Crippen LogP contribution < -0.4 is 15.6 Å². The fraction of sp³-hybridized carbons (Fsp3) is 0.400. The van der Waals surface area contributed by atoms with Crippen molar-refractivity contribution in [3.05, 3.63) is 46.4 Å². The Morgan fingerprint density at radius 1 is 1.39 bits per heavy atom. The number of nitrogens with one attached hydrogen (secondary N) is 2. The Hall–Kier alpha value is -3.34. The highest BCUT2D eigenvalue weighted by Gasteiger charge is 2.19. The number of fused-ring (bicyclic) bond motifs is 1. The molecule has 0 aliphatic heterocycles. The maximum atomic E-state index is 12.4. The van der Waals surface area contributed by atoms with E-state index in [4.69, 9.17) is 10.00 Å². The highest BCUT2D eigenvalue weighted by molar-refractivity contribution is 5.74. The molecule has 28 heavy (non-hydrogen) atoms. The van der Waals surface area contributed by atoms with Crippen molar-refractivity contribution in [1.82, 2.24) is 19.7 Å². The second-order valence-corrected chi connectivity index (χ2v) is 7.52. The molecule has 0 radical (unpaired) electrons. The second-order valence-electron chi connectivity index (χ2n) is 7.52. The zero-order chi connectivity index (χ0) is 20.3. The molecule has 0 spiro atoms. The lowest BCUT2D eigenvalue weighted by molar-refractivity contribution is 0.251. The van der Waals surface area contributed by atoms with Crippen LogP contribution >= 0.6 is 0 Å². The van der Waals surface area contributed by atoms with Crippen LogP contribution in [0.5, 0.6) is 5.75 Å². The Kier molecular flexibility index (Phi) is 5.36. The largest absolute Gasteiger partial charge is 0.476 e. The van der Waals surface area contributed by atoms with Crippen LogP contribution in [0.2, 0.25) is 0 Å². The fourth-order valence-corrected chi connectivity index (χ4v) is 2.77. The number of anilines is 1. The van der Waals surface area contributed by atoms with Crippen LogP contribution in [0, 0.1) is 11.3 Å². The average molecular weight is 380 g/mol. The van der Waals surface area contributed by atoms with E-state index in [-0.39, 0.29) is 11.1 Å². The molecule has 8 nitrogen and oxygen atoms in total. The first-order chi connectivity index (χ1) is 13.3. The predicted octanol–water partition coefficient (Wildman–Crippen LogP) is 3.17. The van der Waals surface area contributed by atoms with Gasteiger partial charge >= 0.3 is 0 Å². The van der Waals surface area contributed by atoms with Crippen molar-refractivity contribution in [3.8, 4) is 11.8 Å². The minimum absolute atomic E-state index is 0.236. The van der Waals surface area contributed by atoms with Crippen molar-refractivity contribution < 1.29 is 4.74 Å². The fourth-order valence-electron chi connectivity index (χ4n) is 2.77. The molecule has 2 heterocycles. The van der Waals surface area contributed by atoms with Crippen LogP contribution in [0.25, 0.3) is 11.0 Å². The van der Waals surface area contributed by atoms with Crippen molar-refractivity contribution in [2.75, 3.05) is 5.32 Å². The summed E-state index contributed by atoms with van der Waals surface area (Å²) in [6.07, 6.45) is 1.68. The number of hydrogen-bond acceptors (Lipinski definition) is 6. The molecule has 0 amide bonds. The second kappa shape index (κ2) is 7.72. The van der Waals surface area contributed by atoms with E-state index in [9.17, 15) is 4.79 Å². The first kappa shape index (κ1) is 19.4. The number of nitriles is 1. The third-order valence-electron chi connectivity index (χ3n) is 4.23. The summed E-state index contributed by atoms with van der Waals surface area (Å²) in [5.41, 5.74) is 0.954. The molecule has 8 heteroatoms. The van der Waals surface area contributed by atoms with Gasteiger partial charge in [0.15, 0.2) is 11.8 Å². The van der Waals surface area contributed by atoms with Gasteiger partial charge in [-0.3, -0.25) is 9.78 Å². The summed E-state index contributed by atoms with van der Waals surface area (Å²) >= 11 is 0. The number of rotatable bonds is 6. The summed E-state index contributed by atoms with van der Waals surface area (Å²) in [5, 5.41) is 17.0.